The zero-order valence-corrected chi connectivity index (χ0v) is 16.5. The minimum atomic E-state index is -3.65. The van der Waals surface area contributed by atoms with E-state index in [1.165, 1.54) is 18.3 Å². The van der Waals surface area contributed by atoms with Crippen molar-refractivity contribution in [3.05, 3.63) is 48.4 Å². The molecule has 29 heavy (non-hydrogen) atoms. The number of pyridine rings is 1. The van der Waals surface area contributed by atoms with E-state index in [1.54, 1.807) is 24.3 Å². The molecule has 3 aromatic rings. The Bertz CT molecular complexity index is 1070. The number of fused-ring (bicyclic) bond motifs is 1. The summed E-state index contributed by atoms with van der Waals surface area (Å²) in [5.74, 6) is 0.179. The van der Waals surface area contributed by atoms with Gasteiger partial charge in [-0.15, -0.1) is 0 Å². The monoisotopic (exact) mass is 419 g/mol. The first-order valence-electron chi connectivity index (χ1n) is 9.48. The fraction of sp³-hybridized carbons (Fsp3) is 0.368. The molecule has 0 bridgehead atoms. The number of oxazole rings is 1. The normalized spacial score (nSPS) is 19.9. The van der Waals surface area contributed by atoms with Crippen LogP contribution in [0.15, 0.2) is 47.0 Å². The molecule has 154 valence electrons. The van der Waals surface area contributed by atoms with Crippen molar-refractivity contribution < 1.29 is 17.2 Å². The van der Waals surface area contributed by atoms with Crippen molar-refractivity contribution in [1.82, 2.24) is 14.7 Å². The largest absolute Gasteiger partial charge is 0.423 e. The van der Waals surface area contributed by atoms with Gasteiger partial charge in [0, 0.05) is 24.8 Å². The van der Waals surface area contributed by atoms with Gasteiger partial charge in [0.2, 0.25) is 0 Å². The maximum absolute atomic E-state index is 13.3. The summed E-state index contributed by atoms with van der Waals surface area (Å²) in [5, 5.41) is 3.26. The van der Waals surface area contributed by atoms with Gasteiger partial charge in [0.05, 0.1) is 0 Å². The van der Waals surface area contributed by atoms with Crippen molar-refractivity contribution >= 4 is 33.1 Å². The third-order valence-corrected chi connectivity index (χ3v) is 6.02. The number of aromatic nitrogens is 2. The summed E-state index contributed by atoms with van der Waals surface area (Å²) < 4.78 is 48.1. The van der Waals surface area contributed by atoms with Crippen LogP contribution in [-0.4, -0.2) is 31.0 Å². The summed E-state index contributed by atoms with van der Waals surface area (Å²) in [4.78, 5) is 8.28. The second-order valence-electron chi connectivity index (χ2n) is 7.16. The van der Waals surface area contributed by atoms with Crippen LogP contribution >= 0.6 is 0 Å². The number of hydrogen-bond acceptors (Lipinski definition) is 6. The van der Waals surface area contributed by atoms with Crippen LogP contribution in [0, 0.1) is 11.7 Å². The molecular weight excluding hydrogens is 397 g/mol. The molecule has 0 atom stereocenters. The van der Waals surface area contributed by atoms with Crippen molar-refractivity contribution in [3.63, 3.8) is 0 Å². The van der Waals surface area contributed by atoms with Gasteiger partial charge in [-0.05, 0) is 55.9 Å². The minimum Gasteiger partial charge on any atom is -0.423 e. The molecule has 1 aromatic carbocycles. The van der Waals surface area contributed by atoms with Crippen LogP contribution in [0.2, 0.25) is 0 Å². The van der Waals surface area contributed by atoms with Crippen molar-refractivity contribution in [2.45, 2.75) is 31.7 Å². The van der Waals surface area contributed by atoms with Crippen molar-refractivity contribution in [2.75, 3.05) is 16.6 Å². The van der Waals surface area contributed by atoms with Crippen molar-refractivity contribution in [2.24, 2.45) is 5.92 Å². The van der Waals surface area contributed by atoms with Gasteiger partial charge in [0.15, 0.2) is 5.58 Å². The lowest BCUT2D eigenvalue weighted by atomic mass is 9.86. The van der Waals surface area contributed by atoms with E-state index in [4.69, 9.17) is 4.42 Å². The van der Waals surface area contributed by atoms with Gasteiger partial charge in [0.1, 0.15) is 17.2 Å². The van der Waals surface area contributed by atoms with E-state index in [1.807, 2.05) is 0 Å². The number of hydrogen-bond donors (Lipinski definition) is 3. The van der Waals surface area contributed by atoms with E-state index in [-0.39, 0.29) is 23.6 Å². The maximum atomic E-state index is 13.3. The Labute approximate surface area is 168 Å². The predicted octanol–water partition coefficient (Wildman–Crippen LogP) is 3.28. The van der Waals surface area contributed by atoms with Gasteiger partial charge < -0.3 is 9.73 Å². The Balaban J connectivity index is 1.24. The van der Waals surface area contributed by atoms with Crippen molar-refractivity contribution in [3.8, 4) is 0 Å². The summed E-state index contributed by atoms with van der Waals surface area (Å²) >= 11 is 0. The van der Waals surface area contributed by atoms with Crippen LogP contribution in [0.25, 0.3) is 11.1 Å². The minimum absolute atomic E-state index is 0.187. The first kappa shape index (κ1) is 19.6. The number of nitrogens with zero attached hydrogens (tertiary/aromatic N) is 2. The van der Waals surface area contributed by atoms with Crippen LogP contribution in [0.3, 0.4) is 0 Å². The molecule has 0 spiro atoms. The topological polar surface area (TPSA) is 109 Å². The molecule has 4 rings (SSSR count). The molecule has 0 unspecified atom stereocenters. The first-order chi connectivity index (χ1) is 14.0. The predicted molar refractivity (Wildman–Crippen MR) is 108 cm³/mol. The van der Waals surface area contributed by atoms with Crippen molar-refractivity contribution in [1.29, 1.82) is 0 Å². The fourth-order valence-corrected chi connectivity index (χ4v) is 4.39. The Hall–Kier alpha value is -2.72. The molecule has 0 radical (unpaired) electrons. The van der Waals surface area contributed by atoms with Crippen LogP contribution in [0.1, 0.15) is 25.7 Å². The lowest BCUT2D eigenvalue weighted by Gasteiger charge is -2.28. The number of benzene rings is 1. The van der Waals surface area contributed by atoms with E-state index >= 15 is 0 Å². The Morgan fingerprint density at radius 1 is 1.14 bits per heavy atom. The number of nitrogens with one attached hydrogen (secondary N) is 3. The van der Waals surface area contributed by atoms with E-state index in [0.29, 0.717) is 23.7 Å². The summed E-state index contributed by atoms with van der Waals surface area (Å²) in [6, 6.07) is 9.85. The molecule has 10 heteroatoms. The van der Waals surface area contributed by atoms with Gasteiger partial charge in [0.25, 0.3) is 16.2 Å². The quantitative estimate of drug-likeness (QED) is 0.542. The molecule has 0 amide bonds. The zero-order chi connectivity index (χ0) is 20.3. The lowest BCUT2D eigenvalue weighted by molar-refractivity contribution is 0.334. The molecule has 1 saturated carbocycles. The molecule has 2 heterocycles. The van der Waals surface area contributed by atoms with Crippen LogP contribution in [-0.2, 0) is 10.2 Å². The highest BCUT2D eigenvalue weighted by Gasteiger charge is 2.24. The van der Waals surface area contributed by atoms with E-state index < -0.39 is 10.2 Å². The molecule has 3 N–H and O–H groups in total. The standard InChI is InChI=1S/C19H22FN5O3S/c20-14-6-9-16-17(11-14)28-19(24-16)23-15-7-4-13(5-8-15)12-22-29(26,27)25-18-3-1-2-10-21-18/h1-3,6,9-11,13,15,22H,4-5,7-8,12H2,(H,21,25)(H,23,24). The number of rotatable bonds is 7. The molecule has 0 aliphatic heterocycles. The zero-order valence-electron chi connectivity index (χ0n) is 15.6. The van der Waals surface area contributed by atoms with E-state index in [0.717, 1.165) is 25.7 Å². The van der Waals surface area contributed by atoms with E-state index in [9.17, 15) is 12.8 Å². The Morgan fingerprint density at radius 3 is 2.72 bits per heavy atom. The van der Waals surface area contributed by atoms with E-state index in [2.05, 4.69) is 24.7 Å². The fourth-order valence-electron chi connectivity index (χ4n) is 3.47. The third kappa shape index (κ3) is 5.21. The molecule has 1 aliphatic rings. The molecule has 0 saturated heterocycles. The molecule has 1 fully saturated rings. The molecular formula is C19H22FN5O3S. The number of halogens is 1. The van der Waals surface area contributed by atoms with Gasteiger partial charge in [-0.25, -0.2) is 9.37 Å². The first-order valence-corrected chi connectivity index (χ1v) is 11.0. The van der Waals surface area contributed by atoms with Crippen LogP contribution < -0.4 is 14.8 Å². The molecule has 1 aliphatic carbocycles. The molecule has 8 nitrogen and oxygen atoms in total. The highest BCUT2D eigenvalue weighted by atomic mass is 32.2. The summed E-state index contributed by atoms with van der Waals surface area (Å²) in [5.41, 5.74) is 1.02. The number of anilines is 2. The smallest absolute Gasteiger partial charge is 0.300 e. The lowest BCUT2D eigenvalue weighted by Crippen LogP contribution is -2.36. The Morgan fingerprint density at radius 2 is 1.97 bits per heavy atom. The second kappa shape index (κ2) is 8.34. The van der Waals surface area contributed by atoms with Gasteiger partial charge in [-0.2, -0.15) is 18.1 Å². The molecule has 2 aromatic heterocycles. The highest BCUT2D eigenvalue weighted by molar-refractivity contribution is 7.90. The summed E-state index contributed by atoms with van der Waals surface area (Å²) in [6.07, 6.45) is 5.01. The summed E-state index contributed by atoms with van der Waals surface area (Å²) in [7, 11) is -3.65. The van der Waals surface area contributed by atoms with Gasteiger partial charge >= 0.3 is 0 Å². The maximum Gasteiger partial charge on any atom is 0.300 e. The second-order valence-corrected chi connectivity index (χ2v) is 8.66. The average molecular weight is 419 g/mol. The van der Waals surface area contributed by atoms with Gasteiger partial charge in [-0.3, -0.25) is 4.72 Å². The van der Waals surface area contributed by atoms with Crippen LogP contribution in [0.4, 0.5) is 16.2 Å². The SMILES string of the molecule is O=S(=O)(NCC1CCC(Nc2nc3ccc(F)cc3o2)CC1)Nc1ccccn1. The van der Waals surface area contributed by atoms with Gasteiger partial charge in [-0.1, -0.05) is 6.07 Å². The Kier molecular flexibility index (Phi) is 5.63. The summed E-state index contributed by atoms with van der Waals surface area (Å²) in [6.45, 7) is 0.372. The highest BCUT2D eigenvalue weighted by Crippen LogP contribution is 2.27. The third-order valence-electron chi connectivity index (χ3n) is 4.99. The average Bonchev–Trinajstić information content (AvgIpc) is 3.09. The van der Waals surface area contributed by atoms with Crippen LogP contribution in [0.5, 0.6) is 0 Å².